The molecule has 0 saturated carbocycles. The standard InChI is InChI=1S/C21H21FN4O3/c1-14(27)23-11-12-26(15-7-8-17(22)20(13-15)29-2)21(28)10-9-19-16-5-3-4-6-18(16)24-25-19/h3-10,13H,11-12H2,1-2H3,(H,23,27)(H,24,25)/b10-9+. The molecule has 2 aromatic carbocycles. The number of nitrogens with one attached hydrogen (secondary N) is 2. The summed E-state index contributed by atoms with van der Waals surface area (Å²) in [6.07, 6.45) is 3.01. The quantitative estimate of drug-likeness (QED) is 0.601. The largest absolute Gasteiger partial charge is 0.494 e. The van der Waals surface area contributed by atoms with Crippen LogP contribution in [0.2, 0.25) is 0 Å². The van der Waals surface area contributed by atoms with Gasteiger partial charge in [0.25, 0.3) is 5.91 Å². The van der Waals surface area contributed by atoms with Gasteiger partial charge in [-0.05, 0) is 24.3 Å². The van der Waals surface area contributed by atoms with Gasteiger partial charge in [0.15, 0.2) is 11.6 Å². The van der Waals surface area contributed by atoms with Gasteiger partial charge in [0.1, 0.15) is 0 Å². The van der Waals surface area contributed by atoms with Gasteiger partial charge in [0.2, 0.25) is 5.91 Å². The summed E-state index contributed by atoms with van der Waals surface area (Å²) in [5, 5.41) is 10.7. The highest BCUT2D eigenvalue weighted by molar-refractivity contribution is 6.05. The SMILES string of the molecule is COc1cc(N(CCNC(C)=O)C(=O)/C=C/c2n[nH]c3ccccc23)ccc1F. The number of hydrogen-bond acceptors (Lipinski definition) is 4. The Kier molecular flexibility index (Phi) is 6.23. The summed E-state index contributed by atoms with van der Waals surface area (Å²) < 4.78 is 18.8. The fourth-order valence-electron chi connectivity index (χ4n) is 2.88. The van der Waals surface area contributed by atoms with Crippen molar-refractivity contribution in [1.29, 1.82) is 0 Å². The number of carbonyl (C=O) groups excluding carboxylic acids is 2. The second-order valence-electron chi connectivity index (χ2n) is 6.28. The monoisotopic (exact) mass is 396 g/mol. The number of methoxy groups -OCH3 is 1. The molecule has 150 valence electrons. The molecule has 0 radical (unpaired) electrons. The van der Waals surface area contributed by atoms with Crippen molar-refractivity contribution in [3.05, 3.63) is 60.1 Å². The molecule has 0 atom stereocenters. The minimum absolute atomic E-state index is 0.0297. The molecule has 8 heteroatoms. The average molecular weight is 396 g/mol. The first-order chi connectivity index (χ1) is 14.0. The van der Waals surface area contributed by atoms with Gasteiger partial charge < -0.3 is 15.0 Å². The van der Waals surface area contributed by atoms with Crippen LogP contribution >= 0.6 is 0 Å². The first kappa shape index (κ1) is 20.1. The van der Waals surface area contributed by atoms with Gasteiger partial charge in [-0.3, -0.25) is 14.7 Å². The van der Waals surface area contributed by atoms with E-state index in [2.05, 4.69) is 15.5 Å². The number of ether oxygens (including phenoxy) is 1. The number of aromatic amines is 1. The van der Waals surface area contributed by atoms with Gasteiger partial charge >= 0.3 is 0 Å². The summed E-state index contributed by atoms with van der Waals surface area (Å²) in [4.78, 5) is 25.5. The van der Waals surface area contributed by atoms with Gasteiger partial charge in [-0.15, -0.1) is 0 Å². The number of fused-ring (bicyclic) bond motifs is 1. The number of H-pyrrole nitrogens is 1. The highest BCUT2D eigenvalue weighted by Gasteiger charge is 2.16. The third kappa shape index (κ3) is 4.78. The fraction of sp³-hybridized carbons (Fsp3) is 0.190. The molecule has 1 heterocycles. The van der Waals surface area contributed by atoms with Crippen molar-refractivity contribution in [3.8, 4) is 5.75 Å². The predicted octanol–water partition coefficient (Wildman–Crippen LogP) is 2.89. The number of para-hydroxylation sites is 1. The van der Waals surface area contributed by atoms with Crippen molar-refractivity contribution in [2.24, 2.45) is 0 Å². The summed E-state index contributed by atoms with van der Waals surface area (Å²) >= 11 is 0. The Morgan fingerprint density at radius 3 is 2.83 bits per heavy atom. The summed E-state index contributed by atoms with van der Waals surface area (Å²) in [6.45, 7) is 1.86. The van der Waals surface area contributed by atoms with Crippen molar-refractivity contribution < 1.29 is 18.7 Å². The molecule has 29 heavy (non-hydrogen) atoms. The highest BCUT2D eigenvalue weighted by atomic mass is 19.1. The van der Waals surface area contributed by atoms with E-state index >= 15 is 0 Å². The number of nitrogens with zero attached hydrogens (tertiary/aromatic N) is 2. The van der Waals surface area contributed by atoms with Crippen LogP contribution in [0.4, 0.5) is 10.1 Å². The highest BCUT2D eigenvalue weighted by Crippen LogP contribution is 2.25. The van der Waals surface area contributed by atoms with Crippen LogP contribution in [-0.4, -0.2) is 42.2 Å². The number of rotatable bonds is 7. The van der Waals surface area contributed by atoms with Crippen molar-refractivity contribution in [2.75, 3.05) is 25.1 Å². The molecular formula is C21H21FN4O3. The number of benzene rings is 2. The first-order valence-electron chi connectivity index (χ1n) is 9.00. The van der Waals surface area contributed by atoms with Crippen molar-refractivity contribution in [1.82, 2.24) is 15.5 Å². The Labute approximate surface area is 167 Å². The van der Waals surface area contributed by atoms with Crippen molar-refractivity contribution >= 4 is 34.5 Å². The van der Waals surface area contributed by atoms with Crippen molar-refractivity contribution in [2.45, 2.75) is 6.92 Å². The molecule has 0 spiro atoms. The normalized spacial score (nSPS) is 11.0. The molecule has 0 unspecified atom stereocenters. The molecule has 7 nitrogen and oxygen atoms in total. The van der Waals surface area contributed by atoms with E-state index in [1.807, 2.05) is 24.3 Å². The lowest BCUT2D eigenvalue weighted by atomic mass is 10.2. The minimum atomic E-state index is -0.524. The Bertz CT molecular complexity index is 1060. The van der Waals surface area contributed by atoms with Gasteiger partial charge in [0.05, 0.1) is 18.3 Å². The number of anilines is 1. The third-order valence-corrected chi connectivity index (χ3v) is 4.31. The van der Waals surface area contributed by atoms with E-state index in [1.54, 1.807) is 6.08 Å². The molecule has 0 aliphatic carbocycles. The van der Waals surface area contributed by atoms with Gasteiger partial charge in [0, 0.05) is 43.2 Å². The molecule has 3 rings (SSSR count). The van der Waals surface area contributed by atoms with E-state index in [-0.39, 0.29) is 30.7 Å². The maximum atomic E-state index is 13.8. The number of hydrogen-bond donors (Lipinski definition) is 2. The van der Waals surface area contributed by atoms with Crippen molar-refractivity contribution in [3.63, 3.8) is 0 Å². The van der Waals surface area contributed by atoms with Crippen LogP contribution in [0.1, 0.15) is 12.6 Å². The maximum absolute atomic E-state index is 13.8. The van der Waals surface area contributed by atoms with E-state index in [4.69, 9.17) is 4.74 Å². The van der Waals surface area contributed by atoms with Crippen LogP contribution < -0.4 is 15.0 Å². The second-order valence-corrected chi connectivity index (χ2v) is 6.28. The summed E-state index contributed by atoms with van der Waals surface area (Å²) in [6, 6.07) is 11.7. The fourth-order valence-corrected chi connectivity index (χ4v) is 2.88. The Balaban J connectivity index is 1.86. The lowest BCUT2D eigenvalue weighted by molar-refractivity contribution is -0.119. The summed E-state index contributed by atoms with van der Waals surface area (Å²) in [5.41, 5.74) is 1.95. The molecular weight excluding hydrogens is 375 g/mol. The molecule has 0 aliphatic rings. The Hall–Kier alpha value is -3.68. The molecule has 0 saturated heterocycles. The van der Waals surface area contributed by atoms with Crippen LogP contribution in [0.15, 0.2) is 48.5 Å². The summed E-state index contributed by atoms with van der Waals surface area (Å²) in [7, 11) is 1.36. The Morgan fingerprint density at radius 1 is 1.28 bits per heavy atom. The van der Waals surface area contributed by atoms with Crippen LogP contribution in [0.3, 0.4) is 0 Å². The van der Waals surface area contributed by atoms with Crippen LogP contribution in [0, 0.1) is 5.82 Å². The topological polar surface area (TPSA) is 87.3 Å². The number of carbonyl (C=O) groups is 2. The third-order valence-electron chi connectivity index (χ3n) is 4.31. The van der Waals surface area contributed by atoms with E-state index < -0.39 is 5.82 Å². The lowest BCUT2D eigenvalue weighted by Crippen LogP contribution is -2.37. The molecule has 0 fully saturated rings. The first-order valence-corrected chi connectivity index (χ1v) is 9.00. The predicted molar refractivity (Wildman–Crippen MR) is 109 cm³/mol. The number of amides is 2. The molecule has 2 amide bonds. The van der Waals surface area contributed by atoms with Crippen LogP contribution in [0.25, 0.3) is 17.0 Å². The molecule has 2 N–H and O–H groups in total. The smallest absolute Gasteiger partial charge is 0.251 e. The average Bonchev–Trinajstić information content (AvgIpc) is 3.13. The maximum Gasteiger partial charge on any atom is 0.251 e. The second kappa shape index (κ2) is 9.01. The molecule has 0 aliphatic heterocycles. The zero-order valence-electron chi connectivity index (χ0n) is 16.1. The Morgan fingerprint density at radius 2 is 2.07 bits per heavy atom. The minimum Gasteiger partial charge on any atom is -0.494 e. The van der Waals surface area contributed by atoms with E-state index in [0.29, 0.717) is 11.4 Å². The number of aromatic nitrogens is 2. The molecule has 3 aromatic rings. The van der Waals surface area contributed by atoms with E-state index in [1.165, 1.54) is 43.2 Å². The van der Waals surface area contributed by atoms with Gasteiger partial charge in [-0.25, -0.2) is 4.39 Å². The molecule has 1 aromatic heterocycles. The summed E-state index contributed by atoms with van der Waals surface area (Å²) in [5.74, 6) is -1.03. The zero-order chi connectivity index (χ0) is 20.8. The zero-order valence-corrected chi connectivity index (χ0v) is 16.1. The lowest BCUT2D eigenvalue weighted by Gasteiger charge is -2.22. The van der Waals surface area contributed by atoms with E-state index in [0.717, 1.165) is 10.9 Å². The number of halogens is 1. The van der Waals surface area contributed by atoms with Gasteiger partial charge in [-0.2, -0.15) is 5.10 Å². The van der Waals surface area contributed by atoms with Crippen LogP contribution in [-0.2, 0) is 9.59 Å². The van der Waals surface area contributed by atoms with Gasteiger partial charge in [-0.1, -0.05) is 18.2 Å². The van der Waals surface area contributed by atoms with E-state index in [9.17, 15) is 14.0 Å². The molecule has 0 bridgehead atoms. The van der Waals surface area contributed by atoms with Crippen LogP contribution in [0.5, 0.6) is 5.75 Å².